The molecule has 0 saturated carbocycles. The average molecular weight is 305 g/mol. The highest BCUT2D eigenvalue weighted by atomic mass is 79.9. The van der Waals surface area contributed by atoms with Gasteiger partial charge in [-0.05, 0) is 37.1 Å². The quantitative estimate of drug-likeness (QED) is 0.631. The molecule has 0 aromatic heterocycles. The Kier molecular flexibility index (Phi) is 6.50. The van der Waals surface area contributed by atoms with Crippen LogP contribution in [0, 0.1) is 0 Å². The maximum Gasteiger partial charge on any atom is 0.251 e. The number of amides is 1. The van der Waals surface area contributed by atoms with E-state index in [1.807, 2.05) is 0 Å². The molecule has 0 aliphatic heterocycles. The Morgan fingerprint density at radius 3 is 2.50 bits per heavy atom. The molecule has 2 nitrogen and oxygen atoms in total. The lowest BCUT2D eigenvalue weighted by molar-refractivity contribution is 0.0953. The molecule has 0 aliphatic rings. The lowest BCUT2D eigenvalue weighted by Gasteiger charge is -2.04. The smallest absolute Gasteiger partial charge is 0.251 e. The number of hydrogen-bond donors (Lipinski definition) is 1. The first-order valence-electron chi connectivity index (χ1n) is 5.34. The largest absolute Gasteiger partial charge is 0.352 e. The van der Waals surface area contributed by atoms with Gasteiger partial charge in [0.1, 0.15) is 0 Å². The van der Waals surface area contributed by atoms with Crippen molar-refractivity contribution in [1.29, 1.82) is 0 Å². The molecule has 0 heterocycles. The van der Waals surface area contributed by atoms with Crippen molar-refractivity contribution in [3.8, 4) is 0 Å². The fraction of sp³-hybridized carbons (Fsp3) is 0.417. The van der Waals surface area contributed by atoms with Crippen LogP contribution in [0.15, 0.2) is 24.3 Å². The number of carbonyl (C=O) groups excluding carboxylic acids is 1. The third-order valence-electron chi connectivity index (χ3n) is 2.20. The van der Waals surface area contributed by atoms with E-state index in [-0.39, 0.29) is 5.91 Å². The second kappa shape index (κ2) is 7.69. The van der Waals surface area contributed by atoms with Gasteiger partial charge in [0.2, 0.25) is 0 Å². The molecular weight excluding hydrogens is 289 g/mol. The first-order chi connectivity index (χ1) is 7.74. The highest BCUT2D eigenvalue weighted by molar-refractivity contribution is 9.09. The summed E-state index contributed by atoms with van der Waals surface area (Å²) in [5.74, 6) is -0.0319. The van der Waals surface area contributed by atoms with Gasteiger partial charge in [-0.15, -0.1) is 0 Å². The molecule has 88 valence electrons. The van der Waals surface area contributed by atoms with Crippen LogP contribution in [-0.4, -0.2) is 17.8 Å². The van der Waals surface area contributed by atoms with Gasteiger partial charge in [0.05, 0.1) is 0 Å². The molecule has 1 rings (SSSR count). The SMILES string of the molecule is O=C(NCCCCCBr)c1ccc(Cl)cc1. The molecule has 4 heteroatoms. The van der Waals surface area contributed by atoms with Gasteiger partial charge < -0.3 is 5.32 Å². The Hall–Kier alpha value is -0.540. The molecule has 0 atom stereocenters. The minimum Gasteiger partial charge on any atom is -0.352 e. The van der Waals surface area contributed by atoms with Crippen molar-refractivity contribution in [2.24, 2.45) is 0 Å². The summed E-state index contributed by atoms with van der Waals surface area (Å²) in [5, 5.41) is 4.55. The standard InChI is InChI=1S/C12H15BrClNO/c13-8-2-1-3-9-15-12(16)10-4-6-11(14)7-5-10/h4-7H,1-3,8-9H2,(H,15,16). The normalized spacial score (nSPS) is 10.1. The van der Waals surface area contributed by atoms with E-state index in [4.69, 9.17) is 11.6 Å². The summed E-state index contributed by atoms with van der Waals surface area (Å²) in [6, 6.07) is 6.91. The maximum atomic E-state index is 11.6. The lowest BCUT2D eigenvalue weighted by atomic mass is 10.2. The highest BCUT2D eigenvalue weighted by Gasteiger charge is 2.03. The summed E-state index contributed by atoms with van der Waals surface area (Å²) in [6.45, 7) is 0.731. The van der Waals surface area contributed by atoms with Crippen molar-refractivity contribution in [3.05, 3.63) is 34.9 Å². The average Bonchev–Trinajstić information content (AvgIpc) is 2.29. The topological polar surface area (TPSA) is 29.1 Å². The molecule has 0 saturated heterocycles. The third-order valence-corrected chi connectivity index (χ3v) is 3.02. The van der Waals surface area contributed by atoms with Crippen molar-refractivity contribution < 1.29 is 4.79 Å². The van der Waals surface area contributed by atoms with Gasteiger partial charge in [-0.25, -0.2) is 0 Å². The molecule has 0 fully saturated rings. The van der Waals surface area contributed by atoms with E-state index < -0.39 is 0 Å². The van der Waals surface area contributed by atoms with E-state index in [9.17, 15) is 4.79 Å². The van der Waals surface area contributed by atoms with Crippen molar-refractivity contribution >= 4 is 33.4 Å². The monoisotopic (exact) mass is 303 g/mol. The summed E-state index contributed by atoms with van der Waals surface area (Å²) in [7, 11) is 0. The number of unbranched alkanes of at least 4 members (excludes halogenated alkanes) is 2. The first-order valence-corrected chi connectivity index (χ1v) is 6.83. The van der Waals surface area contributed by atoms with E-state index in [0.29, 0.717) is 10.6 Å². The summed E-state index contributed by atoms with van der Waals surface area (Å²) in [6.07, 6.45) is 3.30. The zero-order valence-electron chi connectivity index (χ0n) is 9.01. The third kappa shape index (κ3) is 4.99. The van der Waals surface area contributed by atoms with Gasteiger partial charge in [0.25, 0.3) is 5.91 Å². The zero-order valence-corrected chi connectivity index (χ0v) is 11.4. The molecule has 0 aliphatic carbocycles. The van der Waals surface area contributed by atoms with E-state index in [2.05, 4.69) is 21.2 Å². The van der Waals surface area contributed by atoms with Crippen LogP contribution in [0.4, 0.5) is 0 Å². The van der Waals surface area contributed by atoms with E-state index in [1.165, 1.54) is 0 Å². The predicted molar refractivity (Wildman–Crippen MR) is 71.4 cm³/mol. The summed E-state index contributed by atoms with van der Waals surface area (Å²) in [5.41, 5.74) is 0.657. The molecule has 0 bridgehead atoms. The number of halogens is 2. The van der Waals surface area contributed by atoms with Crippen molar-refractivity contribution in [3.63, 3.8) is 0 Å². The number of rotatable bonds is 6. The van der Waals surface area contributed by atoms with Gasteiger partial charge in [0, 0.05) is 22.5 Å². The number of benzene rings is 1. The number of alkyl halides is 1. The molecule has 16 heavy (non-hydrogen) atoms. The Morgan fingerprint density at radius 1 is 1.19 bits per heavy atom. The van der Waals surface area contributed by atoms with Crippen molar-refractivity contribution in [1.82, 2.24) is 5.32 Å². The summed E-state index contributed by atoms with van der Waals surface area (Å²) >= 11 is 9.12. The Balaban J connectivity index is 2.27. The fourth-order valence-electron chi connectivity index (χ4n) is 1.30. The number of carbonyl (C=O) groups is 1. The van der Waals surface area contributed by atoms with Crippen LogP contribution in [0.2, 0.25) is 5.02 Å². The van der Waals surface area contributed by atoms with Crippen molar-refractivity contribution in [2.45, 2.75) is 19.3 Å². The van der Waals surface area contributed by atoms with Crippen LogP contribution in [-0.2, 0) is 0 Å². The Bertz CT molecular complexity index is 326. The molecule has 1 N–H and O–H groups in total. The maximum absolute atomic E-state index is 11.6. The van der Waals surface area contributed by atoms with E-state index in [0.717, 1.165) is 31.1 Å². The number of hydrogen-bond acceptors (Lipinski definition) is 1. The summed E-state index contributed by atoms with van der Waals surface area (Å²) in [4.78, 5) is 11.6. The highest BCUT2D eigenvalue weighted by Crippen LogP contribution is 2.09. The minimum atomic E-state index is -0.0319. The molecule has 0 spiro atoms. The van der Waals surface area contributed by atoms with Crippen LogP contribution in [0.3, 0.4) is 0 Å². The van der Waals surface area contributed by atoms with Crippen LogP contribution in [0.25, 0.3) is 0 Å². The zero-order chi connectivity index (χ0) is 11.8. The molecule has 0 radical (unpaired) electrons. The molecule has 0 unspecified atom stereocenters. The molecule has 1 amide bonds. The van der Waals surface area contributed by atoms with Gasteiger partial charge in [-0.2, -0.15) is 0 Å². The fourth-order valence-corrected chi connectivity index (χ4v) is 1.82. The van der Waals surface area contributed by atoms with Crippen molar-refractivity contribution in [2.75, 3.05) is 11.9 Å². The van der Waals surface area contributed by atoms with Crippen LogP contribution in [0.5, 0.6) is 0 Å². The Morgan fingerprint density at radius 2 is 1.88 bits per heavy atom. The molecule has 1 aromatic carbocycles. The predicted octanol–water partition coefficient (Wildman–Crippen LogP) is 3.64. The molecular formula is C12H15BrClNO. The van der Waals surface area contributed by atoms with Crippen LogP contribution in [0.1, 0.15) is 29.6 Å². The lowest BCUT2D eigenvalue weighted by Crippen LogP contribution is -2.24. The second-order valence-corrected chi connectivity index (χ2v) is 4.74. The van der Waals surface area contributed by atoms with Gasteiger partial charge in [0.15, 0.2) is 0 Å². The van der Waals surface area contributed by atoms with Crippen LogP contribution >= 0.6 is 27.5 Å². The van der Waals surface area contributed by atoms with Gasteiger partial charge in [-0.1, -0.05) is 34.0 Å². The van der Waals surface area contributed by atoms with E-state index >= 15 is 0 Å². The summed E-state index contributed by atoms with van der Waals surface area (Å²) < 4.78 is 0. The van der Waals surface area contributed by atoms with E-state index in [1.54, 1.807) is 24.3 Å². The second-order valence-electron chi connectivity index (χ2n) is 3.51. The van der Waals surface area contributed by atoms with Crippen LogP contribution < -0.4 is 5.32 Å². The first kappa shape index (κ1) is 13.5. The number of nitrogens with one attached hydrogen (secondary N) is 1. The minimum absolute atomic E-state index is 0.0319. The van der Waals surface area contributed by atoms with Gasteiger partial charge in [-0.3, -0.25) is 4.79 Å². The van der Waals surface area contributed by atoms with Gasteiger partial charge >= 0.3 is 0 Å². The Labute approximate surface area is 110 Å². The molecule has 1 aromatic rings.